The molecule has 0 heterocycles. The number of rotatable bonds is 3. The molecule has 0 radical (unpaired) electrons. The Morgan fingerprint density at radius 3 is 2.11 bits per heavy atom. The van der Waals surface area contributed by atoms with Gasteiger partial charge < -0.3 is 10.2 Å². The highest BCUT2D eigenvalue weighted by Crippen LogP contribution is 2.03. The zero-order valence-corrected chi connectivity index (χ0v) is 5.66. The summed E-state index contributed by atoms with van der Waals surface area (Å²) in [4.78, 5) is 10.6. The Balaban J connectivity index is 3.73. The molecule has 0 aromatic rings. The van der Waals surface area contributed by atoms with E-state index in [-0.39, 0.29) is 5.92 Å². The number of hydrogen-bond acceptors (Lipinski definition) is 3. The lowest BCUT2D eigenvalue weighted by Gasteiger charge is -2.07. The topological polar surface area (TPSA) is 57.5 Å². The van der Waals surface area contributed by atoms with Crippen LogP contribution in [0.3, 0.4) is 0 Å². The molecule has 3 heteroatoms. The second kappa shape index (κ2) is 3.58. The van der Waals surface area contributed by atoms with Crippen molar-refractivity contribution < 1.29 is 15.0 Å². The minimum Gasteiger partial charge on any atom is -0.362 e. The Labute approximate surface area is 54.3 Å². The van der Waals surface area contributed by atoms with Crippen molar-refractivity contribution in [2.24, 2.45) is 5.92 Å². The van der Waals surface area contributed by atoms with Crippen LogP contribution < -0.4 is 0 Å². The Kier molecular flexibility index (Phi) is 3.42. The molecule has 54 valence electrons. The number of aliphatic hydroxyl groups is 2. The van der Waals surface area contributed by atoms with Crippen molar-refractivity contribution in [3.05, 3.63) is 0 Å². The molecule has 0 aromatic carbocycles. The van der Waals surface area contributed by atoms with Crippen molar-refractivity contribution in [2.75, 3.05) is 0 Å². The van der Waals surface area contributed by atoms with Gasteiger partial charge in [-0.15, -0.1) is 0 Å². The molecule has 2 N–H and O–H groups in total. The first-order valence-electron chi connectivity index (χ1n) is 2.99. The van der Waals surface area contributed by atoms with Crippen molar-refractivity contribution in [1.29, 1.82) is 0 Å². The minimum atomic E-state index is -1.79. The molecule has 1 unspecified atom stereocenters. The summed E-state index contributed by atoms with van der Waals surface area (Å²) in [5.74, 6) is -0.748. The third kappa shape index (κ3) is 2.58. The molecular weight excluding hydrogens is 120 g/mol. The van der Waals surface area contributed by atoms with Crippen LogP contribution in [0.4, 0.5) is 0 Å². The maximum Gasteiger partial charge on any atom is 0.213 e. The van der Waals surface area contributed by atoms with Gasteiger partial charge in [0.05, 0.1) is 0 Å². The first kappa shape index (κ1) is 8.59. The number of Topliss-reactive ketones (excluding diaryl/α,β-unsaturated/α-hetero) is 1. The fraction of sp³-hybridized carbons (Fsp3) is 0.833. The van der Waals surface area contributed by atoms with Crippen LogP contribution in [0.25, 0.3) is 0 Å². The van der Waals surface area contributed by atoms with E-state index in [0.29, 0.717) is 6.42 Å². The number of carbonyl (C=O) groups excluding carboxylic acids is 1. The van der Waals surface area contributed by atoms with Crippen molar-refractivity contribution in [3.63, 3.8) is 0 Å². The van der Waals surface area contributed by atoms with E-state index in [9.17, 15) is 4.79 Å². The zero-order chi connectivity index (χ0) is 7.44. The van der Waals surface area contributed by atoms with Gasteiger partial charge in [-0.1, -0.05) is 13.8 Å². The quantitative estimate of drug-likeness (QED) is 0.528. The van der Waals surface area contributed by atoms with Gasteiger partial charge in [0.1, 0.15) is 0 Å². The van der Waals surface area contributed by atoms with Crippen LogP contribution in [0.5, 0.6) is 0 Å². The Hall–Kier alpha value is -0.410. The van der Waals surface area contributed by atoms with Crippen molar-refractivity contribution in [3.8, 4) is 0 Å². The average molecular weight is 132 g/mol. The summed E-state index contributed by atoms with van der Waals surface area (Å²) in [5, 5.41) is 16.7. The molecule has 0 aliphatic rings. The summed E-state index contributed by atoms with van der Waals surface area (Å²) in [6, 6.07) is 0. The standard InChI is InChI=1S/C6H12O3/c1-3-4(2)5(7)6(8)9/h4,6,8-9H,3H2,1-2H3. The van der Waals surface area contributed by atoms with E-state index >= 15 is 0 Å². The van der Waals surface area contributed by atoms with E-state index in [1.54, 1.807) is 6.92 Å². The zero-order valence-electron chi connectivity index (χ0n) is 5.66. The summed E-state index contributed by atoms with van der Waals surface area (Å²) in [7, 11) is 0. The Bertz CT molecular complexity index is 98.5. The van der Waals surface area contributed by atoms with E-state index in [1.807, 2.05) is 6.92 Å². The summed E-state index contributed by atoms with van der Waals surface area (Å²) in [5.41, 5.74) is 0. The monoisotopic (exact) mass is 132 g/mol. The summed E-state index contributed by atoms with van der Waals surface area (Å²) in [6.45, 7) is 3.49. The molecule has 0 aliphatic heterocycles. The van der Waals surface area contributed by atoms with E-state index < -0.39 is 12.1 Å². The van der Waals surface area contributed by atoms with Gasteiger partial charge in [0, 0.05) is 5.92 Å². The first-order chi connectivity index (χ1) is 4.09. The van der Waals surface area contributed by atoms with Crippen LogP contribution >= 0.6 is 0 Å². The normalized spacial score (nSPS) is 13.9. The van der Waals surface area contributed by atoms with Crippen molar-refractivity contribution in [2.45, 2.75) is 26.6 Å². The second-order valence-electron chi connectivity index (χ2n) is 2.09. The number of carbonyl (C=O) groups is 1. The summed E-state index contributed by atoms with van der Waals surface area (Å²) >= 11 is 0. The largest absolute Gasteiger partial charge is 0.362 e. The maximum atomic E-state index is 10.6. The third-order valence-corrected chi connectivity index (χ3v) is 1.35. The highest BCUT2D eigenvalue weighted by molar-refractivity contribution is 5.83. The van der Waals surface area contributed by atoms with Crippen molar-refractivity contribution >= 4 is 5.78 Å². The van der Waals surface area contributed by atoms with Gasteiger partial charge in [0.25, 0.3) is 0 Å². The van der Waals surface area contributed by atoms with Gasteiger partial charge in [-0.2, -0.15) is 0 Å². The number of ketones is 1. The maximum absolute atomic E-state index is 10.6. The number of aliphatic hydroxyl groups excluding tert-OH is 1. The van der Waals surface area contributed by atoms with Gasteiger partial charge in [-0.3, -0.25) is 4.79 Å². The summed E-state index contributed by atoms with van der Waals surface area (Å²) < 4.78 is 0. The lowest BCUT2D eigenvalue weighted by Crippen LogP contribution is -2.25. The van der Waals surface area contributed by atoms with Gasteiger partial charge in [0.2, 0.25) is 6.29 Å². The smallest absolute Gasteiger partial charge is 0.213 e. The molecule has 1 atom stereocenters. The first-order valence-corrected chi connectivity index (χ1v) is 2.99. The lowest BCUT2D eigenvalue weighted by atomic mass is 10.0. The molecular formula is C6H12O3. The summed E-state index contributed by atoms with van der Waals surface area (Å²) in [6.07, 6.45) is -1.14. The molecule has 0 bridgehead atoms. The van der Waals surface area contributed by atoms with E-state index in [4.69, 9.17) is 10.2 Å². The van der Waals surface area contributed by atoms with Crippen LogP contribution in [0.2, 0.25) is 0 Å². The molecule has 0 rings (SSSR count). The minimum absolute atomic E-state index is 0.245. The van der Waals surface area contributed by atoms with E-state index in [0.717, 1.165) is 0 Å². The van der Waals surface area contributed by atoms with Crippen LogP contribution in [0.15, 0.2) is 0 Å². The Morgan fingerprint density at radius 2 is 2.00 bits per heavy atom. The van der Waals surface area contributed by atoms with Crippen LogP contribution in [0.1, 0.15) is 20.3 Å². The Morgan fingerprint density at radius 1 is 1.56 bits per heavy atom. The fourth-order valence-electron chi connectivity index (χ4n) is 0.456. The molecule has 0 aromatic heterocycles. The molecule has 0 amide bonds. The van der Waals surface area contributed by atoms with Crippen LogP contribution in [-0.2, 0) is 4.79 Å². The molecule has 0 aliphatic carbocycles. The molecule has 0 saturated carbocycles. The molecule has 0 spiro atoms. The van der Waals surface area contributed by atoms with Gasteiger partial charge >= 0.3 is 0 Å². The molecule has 9 heavy (non-hydrogen) atoms. The molecule has 3 nitrogen and oxygen atoms in total. The predicted octanol–water partition coefficient (Wildman–Crippen LogP) is -0.0877. The van der Waals surface area contributed by atoms with Gasteiger partial charge in [-0.05, 0) is 6.42 Å². The van der Waals surface area contributed by atoms with Gasteiger partial charge in [-0.25, -0.2) is 0 Å². The van der Waals surface area contributed by atoms with Crippen molar-refractivity contribution in [1.82, 2.24) is 0 Å². The predicted molar refractivity (Wildman–Crippen MR) is 32.7 cm³/mol. The van der Waals surface area contributed by atoms with E-state index in [1.165, 1.54) is 0 Å². The van der Waals surface area contributed by atoms with Gasteiger partial charge in [0.15, 0.2) is 5.78 Å². The fourth-order valence-corrected chi connectivity index (χ4v) is 0.456. The molecule has 0 fully saturated rings. The SMILES string of the molecule is CCC(C)C(=O)C(O)O. The number of hydrogen-bond donors (Lipinski definition) is 2. The van der Waals surface area contributed by atoms with Crippen LogP contribution in [-0.4, -0.2) is 22.3 Å². The average Bonchev–Trinajstić information content (AvgIpc) is 1.84. The highest BCUT2D eigenvalue weighted by atomic mass is 16.5. The van der Waals surface area contributed by atoms with Crippen LogP contribution in [0, 0.1) is 5.92 Å². The van der Waals surface area contributed by atoms with E-state index in [2.05, 4.69) is 0 Å². The highest BCUT2D eigenvalue weighted by Gasteiger charge is 2.16. The lowest BCUT2D eigenvalue weighted by molar-refractivity contribution is -0.148. The second-order valence-corrected chi connectivity index (χ2v) is 2.09. The third-order valence-electron chi connectivity index (χ3n) is 1.35. The molecule has 0 saturated heterocycles.